The molecule has 1 aromatic rings. The summed E-state index contributed by atoms with van der Waals surface area (Å²) in [6.07, 6.45) is 1.82. The summed E-state index contributed by atoms with van der Waals surface area (Å²) in [5, 5.41) is 0. The van der Waals surface area contributed by atoms with E-state index in [0.717, 1.165) is 11.6 Å². The third-order valence-corrected chi connectivity index (χ3v) is 3.56. The Balaban J connectivity index is 2.30. The molecule has 1 aliphatic heterocycles. The molecule has 0 aromatic heterocycles. The quantitative estimate of drug-likeness (QED) is 0.852. The first-order valence-corrected chi connectivity index (χ1v) is 6.05. The summed E-state index contributed by atoms with van der Waals surface area (Å²) in [5.74, 6) is 0.402. The predicted octanol–water partition coefficient (Wildman–Crippen LogP) is 2.14. The molecule has 16 heavy (non-hydrogen) atoms. The van der Waals surface area contributed by atoms with Crippen LogP contribution in [-0.4, -0.2) is 11.8 Å². The number of primary amides is 1. The van der Waals surface area contributed by atoms with Crippen LogP contribution < -0.4 is 10.6 Å². The van der Waals surface area contributed by atoms with E-state index in [4.69, 9.17) is 5.73 Å². The molecule has 1 aliphatic rings. The van der Waals surface area contributed by atoms with Crippen molar-refractivity contribution in [3.8, 4) is 0 Å². The molecule has 1 aromatic carbocycles. The largest absolute Gasteiger partial charge is 0.365 e. The molecule has 84 valence electrons. The van der Waals surface area contributed by atoms with Gasteiger partial charge in [0.1, 0.15) is 0 Å². The predicted molar refractivity (Wildman–Crippen MR) is 68.1 cm³/mol. The van der Waals surface area contributed by atoms with Crippen LogP contribution in [0.15, 0.2) is 29.3 Å². The standard InChI is InChI=1S/C12H14N2OS/c1-8-3-4-10(9(2)5-8)14-6-11(12(13)15)16-7-14/h3-6H,7H2,1-2H3,(H2,13,15). The molecule has 0 unspecified atom stereocenters. The Hall–Kier alpha value is -1.42. The van der Waals surface area contributed by atoms with Crippen molar-refractivity contribution in [3.05, 3.63) is 40.4 Å². The molecule has 2 rings (SSSR count). The van der Waals surface area contributed by atoms with Crippen LogP contribution in [0.5, 0.6) is 0 Å². The van der Waals surface area contributed by atoms with E-state index in [1.807, 2.05) is 6.20 Å². The monoisotopic (exact) mass is 234 g/mol. The van der Waals surface area contributed by atoms with E-state index in [0.29, 0.717) is 4.91 Å². The molecular weight excluding hydrogens is 220 g/mol. The van der Waals surface area contributed by atoms with Gasteiger partial charge in [-0.3, -0.25) is 4.79 Å². The summed E-state index contributed by atoms with van der Waals surface area (Å²) < 4.78 is 0. The minimum Gasteiger partial charge on any atom is -0.365 e. The molecule has 0 saturated carbocycles. The zero-order valence-electron chi connectivity index (χ0n) is 9.36. The number of hydrogen-bond donors (Lipinski definition) is 1. The Labute approximate surface area is 99.3 Å². The third-order valence-electron chi connectivity index (χ3n) is 2.54. The highest BCUT2D eigenvalue weighted by molar-refractivity contribution is 8.04. The van der Waals surface area contributed by atoms with Crippen molar-refractivity contribution in [2.45, 2.75) is 13.8 Å². The normalized spacial score (nSPS) is 15.1. The molecule has 1 amide bonds. The van der Waals surface area contributed by atoms with E-state index >= 15 is 0 Å². The number of anilines is 1. The van der Waals surface area contributed by atoms with Gasteiger partial charge in [0.15, 0.2) is 0 Å². The molecule has 0 atom stereocenters. The van der Waals surface area contributed by atoms with Crippen LogP contribution in [0.2, 0.25) is 0 Å². The molecule has 0 spiro atoms. The number of rotatable bonds is 2. The van der Waals surface area contributed by atoms with Crippen LogP contribution in [0.1, 0.15) is 11.1 Å². The maximum atomic E-state index is 11.0. The first-order chi connectivity index (χ1) is 7.58. The Bertz CT molecular complexity index is 468. The van der Waals surface area contributed by atoms with Gasteiger partial charge in [0.2, 0.25) is 0 Å². The number of thioether (sulfide) groups is 1. The van der Waals surface area contributed by atoms with Gasteiger partial charge in [0, 0.05) is 11.9 Å². The van der Waals surface area contributed by atoms with Crippen LogP contribution >= 0.6 is 11.8 Å². The summed E-state index contributed by atoms with van der Waals surface area (Å²) in [6, 6.07) is 6.28. The molecular formula is C12H14N2OS. The zero-order valence-corrected chi connectivity index (χ0v) is 10.2. The fraction of sp³-hybridized carbons (Fsp3) is 0.250. The molecule has 4 heteroatoms. The first-order valence-electron chi connectivity index (χ1n) is 5.06. The molecule has 0 saturated heterocycles. The molecule has 2 N–H and O–H groups in total. The molecule has 1 heterocycles. The van der Waals surface area contributed by atoms with Crippen LogP contribution in [0.25, 0.3) is 0 Å². The number of nitrogens with two attached hydrogens (primary N) is 1. The summed E-state index contributed by atoms with van der Waals surface area (Å²) in [5.41, 5.74) is 8.83. The molecule has 0 aliphatic carbocycles. The first kappa shape index (κ1) is 11.1. The van der Waals surface area contributed by atoms with Gasteiger partial charge in [-0.2, -0.15) is 0 Å². The van der Waals surface area contributed by atoms with Crippen molar-refractivity contribution in [2.75, 3.05) is 10.8 Å². The molecule has 0 fully saturated rings. The van der Waals surface area contributed by atoms with Gasteiger partial charge < -0.3 is 10.6 Å². The van der Waals surface area contributed by atoms with Gasteiger partial charge in [-0.1, -0.05) is 29.5 Å². The highest BCUT2D eigenvalue weighted by Crippen LogP contribution is 2.31. The number of aryl methyl sites for hydroxylation is 2. The van der Waals surface area contributed by atoms with Crippen molar-refractivity contribution in [1.82, 2.24) is 0 Å². The third kappa shape index (κ3) is 2.07. The van der Waals surface area contributed by atoms with E-state index in [1.54, 1.807) is 0 Å². The average molecular weight is 234 g/mol. The lowest BCUT2D eigenvalue weighted by Gasteiger charge is -2.17. The van der Waals surface area contributed by atoms with Gasteiger partial charge >= 0.3 is 0 Å². The van der Waals surface area contributed by atoms with Gasteiger partial charge in [0.05, 0.1) is 10.8 Å². The minimum atomic E-state index is -0.350. The van der Waals surface area contributed by atoms with Crippen LogP contribution in [0.4, 0.5) is 5.69 Å². The van der Waals surface area contributed by atoms with Crippen molar-refractivity contribution in [1.29, 1.82) is 0 Å². The Morgan fingerprint density at radius 3 is 2.75 bits per heavy atom. The SMILES string of the molecule is Cc1ccc(N2C=C(C(N)=O)SC2)c(C)c1. The highest BCUT2D eigenvalue weighted by Gasteiger charge is 2.19. The van der Waals surface area contributed by atoms with Crippen molar-refractivity contribution < 1.29 is 4.79 Å². The topological polar surface area (TPSA) is 46.3 Å². The van der Waals surface area contributed by atoms with Gasteiger partial charge in [-0.25, -0.2) is 0 Å². The Kier molecular flexibility index (Phi) is 2.92. The molecule has 3 nitrogen and oxygen atoms in total. The van der Waals surface area contributed by atoms with Crippen LogP contribution in [-0.2, 0) is 4.79 Å². The van der Waals surface area contributed by atoms with E-state index in [1.165, 1.54) is 22.9 Å². The summed E-state index contributed by atoms with van der Waals surface area (Å²) >= 11 is 1.48. The number of carbonyl (C=O) groups excluding carboxylic acids is 1. The lowest BCUT2D eigenvalue weighted by molar-refractivity contribution is -0.113. The van der Waals surface area contributed by atoms with Crippen molar-refractivity contribution in [3.63, 3.8) is 0 Å². The summed E-state index contributed by atoms with van der Waals surface area (Å²) in [6.45, 7) is 4.14. The number of amides is 1. The van der Waals surface area contributed by atoms with Gasteiger partial charge in [0.25, 0.3) is 5.91 Å². The van der Waals surface area contributed by atoms with E-state index in [2.05, 4.69) is 36.9 Å². The van der Waals surface area contributed by atoms with Crippen LogP contribution in [0.3, 0.4) is 0 Å². The van der Waals surface area contributed by atoms with Crippen molar-refractivity contribution in [2.24, 2.45) is 5.73 Å². The second-order valence-electron chi connectivity index (χ2n) is 3.89. The van der Waals surface area contributed by atoms with Crippen molar-refractivity contribution >= 4 is 23.4 Å². The summed E-state index contributed by atoms with van der Waals surface area (Å²) in [7, 11) is 0. The van der Waals surface area contributed by atoms with Gasteiger partial charge in [-0.15, -0.1) is 0 Å². The maximum absolute atomic E-state index is 11.0. The average Bonchev–Trinajstić information content (AvgIpc) is 2.66. The van der Waals surface area contributed by atoms with E-state index in [9.17, 15) is 4.79 Å². The minimum absolute atomic E-state index is 0.350. The second kappa shape index (κ2) is 4.22. The molecule has 0 radical (unpaired) electrons. The zero-order chi connectivity index (χ0) is 11.7. The summed E-state index contributed by atoms with van der Waals surface area (Å²) in [4.78, 5) is 13.7. The lowest BCUT2D eigenvalue weighted by atomic mass is 10.1. The number of benzene rings is 1. The van der Waals surface area contributed by atoms with Gasteiger partial charge in [-0.05, 0) is 25.5 Å². The Morgan fingerprint density at radius 1 is 1.44 bits per heavy atom. The Morgan fingerprint density at radius 2 is 2.19 bits per heavy atom. The maximum Gasteiger partial charge on any atom is 0.256 e. The fourth-order valence-electron chi connectivity index (χ4n) is 1.76. The second-order valence-corrected chi connectivity index (χ2v) is 4.88. The smallest absolute Gasteiger partial charge is 0.256 e. The highest BCUT2D eigenvalue weighted by atomic mass is 32.2. The number of carbonyl (C=O) groups is 1. The van der Waals surface area contributed by atoms with E-state index < -0.39 is 0 Å². The lowest BCUT2D eigenvalue weighted by Crippen LogP contribution is -2.13. The fourth-order valence-corrected chi connectivity index (χ4v) is 2.59. The molecule has 0 bridgehead atoms. The van der Waals surface area contributed by atoms with Crippen LogP contribution in [0, 0.1) is 13.8 Å². The number of hydrogen-bond acceptors (Lipinski definition) is 3. The number of nitrogens with zero attached hydrogens (tertiary/aromatic N) is 1. The van der Waals surface area contributed by atoms with E-state index in [-0.39, 0.29) is 5.91 Å².